The molecule has 7 nitrogen and oxygen atoms in total. The maximum absolute atomic E-state index is 12.4. The monoisotopic (exact) mass is 418 g/mol. The smallest absolute Gasteiger partial charge is 0.321 e. The van der Waals surface area contributed by atoms with E-state index in [2.05, 4.69) is 38.3 Å². The van der Waals surface area contributed by atoms with Gasteiger partial charge in [0.2, 0.25) is 0 Å². The molecule has 0 aliphatic carbocycles. The van der Waals surface area contributed by atoms with Crippen molar-refractivity contribution >= 4 is 33.3 Å². The van der Waals surface area contributed by atoms with E-state index in [0.717, 1.165) is 24.1 Å². The van der Waals surface area contributed by atoms with E-state index in [1.807, 2.05) is 12.1 Å². The average molecular weight is 419 g/mol. The van der Waals surface area contributed by atoms with Crippen molar-refractivity contribution in [1.82, 2.24) is 9.80 Å². The van der Waals surface area contributed by atoms with Gasteiger partial charge in [-0.2, -0.15) is 0 Å². The van der Waals surface area contributed by atoms with Crippen molar-refractivity contribution in [3.63, 3.8) is 0 Å². The summed E-state index contributed by atoms with van der Waals surface area (Å²) in [5.74, 6) is 0. The largest absolute Gasteiger partial charge is 0.322 e. The fourth-order valence-electron chi connectivity index (χ4n) is 2.87. The predicted octanol–water partition coefficient (Wildman–Crippen LogP) is 3.71. The average Bonchev–Trinajstić information content (AvgIpc) is 2.63. The van der Waals surface area contributed by atoms with Crippen LogP contribution < -0.4 is 5.32 Å². The zero-order valence-corrected chi connectivity index (χ0v) is 15.7. The zero-order chi connectivity index (χ0) is 18.5. The number of benzene rings is 2. The second-order valence-electron chi connectivity index (χ2n) is 6.13. The van der Waals surface area contributed by atoms with Crippen LogP contribution in [0.15, 0.2) is 53.0 Å². The summed E-state index contributed by atoms with van der Waals surface area (Å²) in [6.07, 6.45) is 0. The van der Waals surface area contributed by atoms with Crippen molar-refractivity contribution in [2.45, 2.75) is 6.54 Å². The second-order valence-corrected chi connectivity index (χ2v) is 7.04. The quantitative estimate of drug-likeness (QED) is 0.606. The van der Waals surface area contributed by atoms with E-state index < -0.39 is 4.92 Å². The Hall–Kier alpha value is -2.45. The zero-order valence-electron chi connectivity index (χ0n) is 14.1. The minimum atomic E-state index is -0.462. The number of carbonyl (C=O) groups is 1. The Bertz CT molecular complexity index is 789. The first-order chi connectivity index (χ1) is 12.5. The molecule has 136 valence electrons. The van der Waals surface area contributed by atoms with Crippen molar-refractivity contribution in [2.24, 2.45) is 0 Å². The van der Waals surface area contributed by atoms with Gasteiger partial charge in [-0.15, -0.1) is 0 Å². The van der Waals surface area contributed by atoms with Crippen LogP contribution in [0.25, 0.3) is 0 Å². The van der Waals surface area contributed by atoms with Crippen LogP contribution in [0.1, 0.15) is 5.56 Å². The third-order valence-corrected chi connectivity index (χ3v) is 4.78. The van der Waals surface area contributed by atoms with Crippen LogP contribution in [0.5, 0.6) is 0 Å². The van der Waals surface area contributed by atoms with Gasteiger partial charge in [0, 0.05) is 55.0 Å². The Kier molecular flexibility index (Phi) is 5.85. The van der Waals surface area contributed by atoms with Crippen molar-refractivity contribution in [3.05, 3.63) is 68.7 Å². The fourth-order valence-corrected chi connectivity index (χ4v) is 3.32. The number of anilines is 1. The molecule has 2 amide bonds. The van der Waals surface area contributed by atoms with E-state index in [-0.39, 0.29) is 11.7 Å². The molecule has 0 radical (unpaired) electrons. The topological polar surface area (TPSA) is 78.7 Å². The molecule has 2 aromatic carbocycles. The number of piperazine rings is 1. The van der Waals surface area contributed by atoms with Crippen LogP contribution in [0.3, 0.4) is 0 Å². The molecule has 0 atom stereocenters. The van der Waals surface area contributed by atoms with Gasteiger partial charge in [-0.25, -0.2) is 4.79 Å². The van der Waals surface area contributed by atoms with Crippen molar-refractivity contribution in [3.8, 4) is 0 Å². The molecule has 3 rings (SSSR count). The van der Waals surface area contributed by atoms with Crippen molar-refractivity contribution < 1.29 is 9.72 Å². The summed E-state index contributed by atoms with van der Waals surface area (Å²) >= 11 is 3.48. The molecule has 26 heavy (non-hydrogen) atoms. The number of rotatable bonds is 4. The van der Waals surface area contributed by atoms with Gasteiger partial charge in [-0.05, 0) is 29.8 Å². The Balaban J connectivity index is 1.49. The highest BCUT2D eigenvalue weighted by molar-refractivity contribution is 9.10. The molecule has 0 spiro atoms. The number of hydrogen-bond donors (Lipinski definition) is 1. The van der Waals surface area contributed by atoms with Gasteiger partial charge in [0.05, 0.1) is 4.92 Å². The molecule has 2 aromatic rings. The van der Waals surface area contributed by atoms with Gasteiger partial charge >= 0.3 is 6.03 Å². The van der Waals surface area contributed by atoms with Crippen LogP contribution in [0.2, 0.25) is 0 Å². The first-order valence-corrected chi connectivity index (χ1v) is 9.08. The maximum Gasteiger partial charge on any atom is 0.321 e. The lowest BCUT2D eigenvalue weighted by Gasteiger charge is -2.34. The molecule has 1 N–H and O–H groups in total. The lowest BCUT2D eigenvalue weighted by molar-refractivity contribution is -0.384. The van der Waals surface area contributed by atoms with Gasteiger partial charge in [-0.3, -0.25) is 15.0 Å². The Morgan fingerprint density at radius 2 is 1.81 bits per heavy atom. The van der Waals surface area contributed by atoms with Crippen LogP contribution >= 0.6 is 15.9 Å². The highest BCUT2D eigenvalue weighted by Gasteiger charge is 2.21. The normalized spacial score (nSPS) is 14.9. The van der Waals surface area contributed by atoms with Crippen LogP contribution in [0, 0.1) is 10.1 Å². The van der Waals surface area contributed by atoms with E-state index in [9.17, 15) is 14.9 Å². The molecule has 0 bridgehead atoms. The lowest BCUT2D eigenvalue weighted by Crippen LogP contribution is -2.49. The third kappa shape index (κ3) is 4.80. The Morgan fingerprint density at radius 1 is 1.12 bits per heavy atom. The summed E-state index contributed by atoms with van der Waals surface area (Å²) in [4.78, 5) is 26.6. The highest BCUT2D eigenvalue weighted by Crippen LogP contribution is 2.17. The minimum absolute atomic E-state index is 0.00385. The predicted molar refractivity (Wildman–Crippen MR) is 103 cm³/mol. The highest BCUT2D eigenvalue weighted by atomic mass is 79.9. The fraction of sp³-hybridized carbons (Fsp3) is 0.278. The number of carbonyl (C=O) groups excluding carboxylic acids is 1. The van der Waals surface area contributed by atoms with Gasteiger partial charge in [0.1, 0.15) is 0 Å². The molecule has 1 heterocycles. The van der Waals surface area contributed by atoms with E-state index in [1.54, 1.807) is 17.0 Å². The van der Waals surface area contributed by atoms with Crippen molar-refractivity contribution in [2.75, 3.05) is 31.5 Å². The summed E-state index contributed by atoms with van der Waals surface area (Å²) in [5, 5.41) is 13.5. The molecular formula is C18H19BrN4O3. The number of nitro benzene ring substituents is 1. The number of halogens is 1. The lowest BCUT2D eigenvalue weighted by atomic mass is 10.2. The van der Waals surface area contributed by atoms with E-state index in [1.165, 1.54) is 17.7 Å². The number of hydrogen-bond acceptors (Lipinski definition) is 4. The number of nitrogens with zero attached hydrogens (tertiary/aromatic N) is 3. The number of nitro groups is 1. The Labute approximate surface area is 159 Å². The van der Waals surface area contributed by atoms with Crippen LogP contribution in [0.4, 0.5) is 16.2 Å². The molecule has 0 unspecified atom stereocenters. The van der Waals surface area contributed by atoms with E-state index in [4.69, 9.17) is 0 Å². The SMILES string of the molecule is O=C(Nc1ccc([N+](=O)[O-])cc1)N1CCN(Cc2cccc(Br)c2)CC1. The molecule has 1 aliphatic rings. The van der Waals surface area contributed by atoms with Gasteiger partial charge in [0.15, 0.2) is 0 Å². The summed E-state index contributed by atoms with van der Waals surface area (Å²) in [6, 6.07) is 13.9. The number of nitrogens with one attached hydrogen (secondary N) is 1. The molecule has 0 saturated carbocycles. The third-order valence-electron chi connectivity index (χ3n) is 4.28. The number of non-ortho nitro benzene ring substituents is 1. The van der Waals surface area contributed by atoms with Gasteiger partial charge in [-0.1, -0.05) is 28.1 Å². The van der Waals surface area contributed by atoms with Crippen LogP contribution in [-0.4, -0.2) is 46.9 Å². The maximum atomic E-state index is 12.4. The van der Waals surface area contributed by atoms with Crippen molar-refractivity contribution in [1.29, 1.82) is 0 Å². The first kappa shape index (κ1) is 18.3. The summed E-state index contributed by atoms with van der Waals surface area (Å²) in [5.41, 5.74) is 1.80. The van der Waals surface area contributed by atoms with E-state index >= 15 is 0 Å². The summed E-state index contributed by atoms with van der Waals surface area (Å²) in [7, 11) is 0. The molecule has 1 aliphatic heterocycles. The Morgan fingerprint density at radius 3 is 2.42 bits per heavy atom. The molecule has 1 saturated heterocycles. The molecule has 8 heteroatoms. The standard InChI is InChI=1S/C18H19BrN4O3/c19-15-3-1-2-14(12-15)13-21-8-10-22(11-9-21)18(24)20-16-4-6-17(7-5-16)23(25)26/h1-7,12H,8-11,13H2,(H,20,24). The molecule has 1 fully saturated rings. The van der Waals surface area contributed by atoms with Gasteiger partial charge < -0.3 is 10.2 Å². The molecule has 0 aromatic heterocycles. The summed E-state index contributed by atoms with van der Waals surface area (Å²) in [6.45, 7) is 3.76. The second kappa shape index (κ2) is 8.29. The number of urea groups is 1. The van der Waals surface area contributed by atoms with Gasteiger partial charge in [0.25, 0.3) is 5.69 Å². The minimum Gasteiger partial charge on any atom is -0.322 e. The van der Waals surface area contributed by atoms with Crippen LogP contribution in [-0.2, 0) is 6.54 Å². The van der Waals surface area contributed by atoms with E-state index in [0.29, 0.717) is 18.8 Å². The number of amides is 2. The molecular weight excluding hydrogens is 400 g/mol. The first-order valence-electron chi connectivity index (χ1n) is 8.28. The summed E-state index contributed by atoms with van der Waals surface area (Å²) < 4.78 is 1.07.